The van der Waals surface area contributed by atoms with E-state index >= 15 is 0 Å². The Labute approximate surface area is 179 Å². The fourth-order valence-electron chi connectivity index (χ4n) is 5.24. The maximum Gasteiger partial charge on any atom is 0.100 e. The van der Waals surface area contributed by atoms with E-state index < -0.39 is 0 Å². The molecule has 0 aromatic heterocycles. The summed E-state index contributed by atoms with van der Waals surface area (Å²) in [5.41, 5.74) is 11.8. The van der Waals surface area contributed by atoms with Crippen molar-refractivity contribution in [3.05, 3.63) is 94.5 Å². The molecule has 2 nitrogen and oxygen atoms in total. The van der Waals surface area contributed by atoms with Gasteiger partial charge in [-0.2, -0.15) is 0 Å². The Hall–Kier alpha value is -3.26. The zero-order valence-corrected chi connectivity index (χ0v) is 18.5. The largest absolute Gasteiger partial charge is 0.320 e. The predicted molar refractivity (Wildman–Crippen MR) is 130 cm³/mol. The lowest BCUT2D eigenvalue weighted by Gasteiger charge is -2.27. The normalized spacial score (nSPS) is 13.2. The first kappa shape index (κ1) is 18.7. The van der Waals surface area contributed by atoms with Crippen molar-refractivity contribution in [2.75, 3.05) is 16.5 Å². The van der Waals surface area contributed by atoms with E-state index in [1.807, 2.05) is 0 Å². The van der Waals surface area contributed by atoms with Crippen molar-refractivity contribution in [3.8, 4) is 0 Å². The molecule has 150 valence electrons. The van der Waals surface area contributed by atoms with Crippen molar-refractivity contribution in [3.63, 3.8) is 0 Å². The number of rotatable bonds is 2. The molecule has 4 aromatic carbocycles. The van der Waals surface area contributed by atoms with Gasteiger partial charge in [-0.15, -0.1) is 0 Å². The molecule has 0 amide bonds. The van der Waals surface area contributed by atoms with Crippen molar-refractivity contribution in [2.24, 2.45) is 0 Å². The van der Waals surface area contributed by atoms with Crippen molar-refractivity contribution in [2.45, 2.75) is 34.6 Å². The number of para-hydroxylation sites is 1. The lowest BCUT2D eigenvalue weighted by atomic mass is 10.0. The SMILES string of the molecule is Cc1cc(C)c(N2CN(c3c(C)cccc3C)c3c2ccc2ccccc32)c(C)c1. The first-order chi connectivity index (χ1) is 14.5. The van der Waals surface area contributed by atoms with Crippen LogP contribution in [0.15, 0.2) is 66.7 Å². The van der Waals surface area contributed by atoms with Gasteiger partial charge in [0.05, 0.1) is 11.4 Å². The Bertz CT molecular complexity index is 1240. The number of hydrogen-bond acceptors (Lipinski definition) is 2. The van der Waals surface area contributed by atoms with Crippen LogP contribution in [-0.2, 0) is 0 Å². The Morgan fingerprint density at radius 2 is 1.20 bits per heavy atom. The van der Waals surface area contributed by atoms with E-state index in [2.05, 4.69) is 111 Å². The van der Waals surface area contributed by atoms with E-state index in [9.17, 15) is 0 Å². The summed E-state index contributed by atoms with van der Waals surface area (Å²) in [5, 5.41) is 2.59. The highest BCUT2D eigenvalue weighted by molar-refractivity contribution is 6.06. The summed E-state index contributed by atoms with van der Waals surface area (Å²) in [7, 11) is 0. The Balaban J connectivity index is 1.81. The second kappa shape index (κ2) is 6.91. The number of benzene rings is 4. The van der Waals surface area contributed by atoms with Crippen LogP contribution in [-0.4, -0.2) is 6.67 Å². The van der Waals surface area contributed by atoms with Crippen molar-refractivity contribution in [1.82, 2.24) is 0 Å². The number of aryl methyl sites for hydroxylation is 5. The van der Waals surface area contributed by atoms with Gasteiger partial charge in [0.2, 0.25) is 0 Å². The number of hydrogen-bond donors (Lipinski definition) is 0. The maximum atomic E-state index is 2.51. The van der Waals surface area contributed by atoms with Crippen LogP contribution in [0.4, 0.5) is 22.7 Å². The highest BCUT2D eigenvalue weighted by atomic mass is 15.4. The second-order valence-corrected chi connectivity index (χ2v) is 8.64. The Kier molecular flexibility index (Phi) is 4.32. The minimum Gasteiger partial charge on any atom is -0.320 e. The lowest BCUT2D eigenvalue weighted by molar-refractivity contribution is 0.970. The number of nitrogens with zero attached hydrogens (tertiary/aromatic N) is 2. The van der Waals surface area contributed by atoms with Crippen LogP contribution in [0.5, 0.6) is 0 Å². The van der Waals surface area contributed by atoms with Crippen LogP contribution in [0.1, 0.15) is 27.8 Å². The van der Waals surface area contributed by atoms with Gasteiger partial charge in [-0.25, -0.2) is 0 Å². The van der Waals surface area contributed by atoms with Crippen LogP contribution in [0.3, 0.4) is 0 Å². The summed E-state index contributed by atoms with van der Waals surface area (Å²) in [4.78, 5) is 5.01. The molecule has 0 atom stereocenters. The number of anilines is 4. The summed E-state index contributed by atoms with van der Waals surface area (Å²) in [6.45, 7) is 11.9. The van der Waals surface area contributed by atoms with Gasteiger partial charge in [-0.05, 0) is 68.3 Å². The molecule has 0 aliphatic carbocycles. The van der Waals surface area contributed by atoms with Gasteiger partial charge in [-0.3, -0.25) is 0 Å². The van der Waals surface area contributed by atoms with Crippen LogP contribution in [0, 0.1) is 34.6 Å². The molecule has 0 bridgehead atoms. The van der Waals surface area contributed by atoms with Crippen molar-refractivity contribution < 1.29 is 0 Å². The molecule has 0 radical (unpaired) electrons. The number of fused-ring (bicyclic) bond motifs is 3. The van der Waals surface area contributed by atoms with Gasteiger partial charge in [0.1, 0.15) is 6.67 Å². The molecular formula is C28H28N2. The summed E-state index contributed by atoms with van der Waals surface area (Å²) in [6.07, 6.45) is 0. The third kappa shape index (κ3) is 2.79. The molecule has 0 N–H and O–H groups in total. The van der Waals surface area contributed by atoms with Gasteiger partial charge >= 0.3 is 0 Å². The first-order valence-electron chi connectivity index (χ1n) is 10.7. The standard InChI is InChI=1S/C28H28N2/c1-18-15-21(4)27(22(5)16-18)29-17-30(26-19(2)9-8-10-20(26)3)28-24-12-7-6-11-23(24)13-14-25(28)29/h6-16H,17H2,1-5H3. The van der Waals surface area contributed by atoms with E-state index in [1.54, 1.807) is 0 Å². The summed E-state index contributed by atoms with van der Waals surface area (Å²) < 4.78 is 0. The fraction of sp³-hybridized carbons (Fsp3) is 0.214. The van der Waals surface area contributed by atoms with E-state index in [4.69, 9.17) is 0 Å². The topological polar surface area (TPSA) is 6.48 Å². The minimum absolute atomic E-state index is 0.819. The van der Waals surface area contributed by atoms with Crippen molar-refractivity contribution >= 4 is 33.5 Å². The zero-order valence-electron chi connectivity index (χ0n) is 18.5. The molecule has 0 saturated carbocycles. The second-order valence-electron chi connectivity index (χ2n) is 8.64. The third-order valence-corrected chi connectivity index (χ3v) is 6.34. The van der Waals surface area contributed by atoms with Crippen LogP contribution < -0.4 is 9.80 Å². The fourth-order valence-corrected chi connectivity index (χ4v) is 5.24. The smallest absolute Gasteiger partial charge is 0.100 e. The van der Waals surface area contributed by atoms with Crippen molar-refractivity contribution in [1.29, 1.82) is 0 Å². The molecule has 1 aliphatic rings. The Morgan fingerprint density at radius 3 is 1.90 bits per heavy atom. The van der Waals surface area contributed by atoms with E-state index in [-0.39, 0.29) is 0 Å². The van der Waals surface area contributed by atoms with E-state index in [1.165, 1.54) is 61.3 Å². The molecular weight excluding hydrogens is 364 g/mol. The highest BCUT2D eigenvalue weighted by Crippen LogP contribution is 2.50. The molecule has 1 heterocycles. The van der Waals surface area contributed by atoms with E-state index in [0.29, 0.717) is 0 Å². The lowest BCUT2D eigenvalue weighted by Crippen LogP contribution is -2.26. The predicted octanol–water partition coefficient (Wildman–Crippen LogP) is 7.63. The molecule has 0 spiro atoms. The molecule has 30 heavy (non-hydrogen) atoms. The van der Waals surface area contributed by atoms with Crippen LogP contribution in [0.2, 0.25) is 0 Å². The van der Waals surface area contributed by atoms with Gasteiger partial charge in [-0.1, -0.05) is 66.2 Å². The maximum absolute atomic E-state index is 2.51. The van der Waals surface area contributed by atoms with Gasteiger partial charge in [0, 0.05) is 16.8 Å². The average Bonchev–Trinajstić information content (AvgIpc) is 3.06. The molecule has 0 unspecified atom stereocenters. The van der Waals surface area contributed by atoms with Crippen LogP contribution >= 0.6 is 0 Å². The molecule has 0 fully saturated rings. The molecule has 4 aromatic rings. The molecule has 0 saturated heterocycles. The first-order valence-corrected chi connectivity index (χ1v) is 10.7. The summed E-state index contributed by atoms with van der Waals surface area (Å²) >= 11 is 0. The monoisotopic (exact) mass is 392 g/mol. The van der Waals surface area contributed by atoms with Gasteiger partial charge < -0.3 is 9.80 Å². The highest BCUT2D eigenvalue weighted by Gasteiger charge is 2.32. The quantitative estimate of drug-likeness (QED) is 0.346. The molecule has 2 heteroatoms. The minimum atomic E-state index is 0.819. The average molecular weight is 393 g/mol. The Morgan fingerprint density at radius 1 is 0.567 bits per heavy atom. The van der Waals surface area contributed by atoms with Gasteiger partial charge in [0.25, 0.3) is 0 Å². The zero-order chi connectivity index (χ0) is 21.0. The van der Waals surface area contributed by atoms with E-state index in [0.717, 1.165) is 6.67 Å². The van der Waals surface area contributed by atoms with Gasteiger partial charge in [0.15, 0.2) is 0 Å². The summed E-state index contributed by atoms with van der Waals surface area (Å²) in [6, 6.07) is 24.5. The third-order valence-electron chi connectivity index (χ3n) is 6.34. The molecule has 1 aliphatic heterocycles. The summed E-state index contributed by atoms with van der Waals surface area (Å²) in [5.74, 6) is 0. The molecule has 5 rings (SSSR count). The van der Waals surface area contributed by atoms with Crippen LogP contribution in [0.25, 0.3) is 10.8 Å².